The second kappa shape index (κ2) is 5.85. The zero-order valence-electron chi connectivity index (χ0n) is 12.8. The lowest BCUT2D eigenvalue weighted by Gasteiger charge is -2.43. The summed E-state index contributed by atoms with van der Waals surface area (Å²) >= 11 is 0. The minimum Gasteiger partial charge on any atom is -0.479 e. The Balaban J connectivity index is 2.60. The van der Waals surface area contributed by atoms with Crippen molar-refractivity contribution in [2.75, 3.05) is 6.61 Å². The predicted molar refractivity (Wildman–Crippen MR) is 78.0 cm³/mol. The summed E-state index contributed by atoms with van der Waals surface area (Å²) < 4.78 is 5.32. The van der Waals surface area contributed by atoms with Crippen LogP contribution in [0.5, 0.6) is 0 Å². The van der Waals surface area contributed by atoms with E-state index in [-0.39, 0.29) is 18.6 Å². The van der Waals surface area contributed by atoms with Crippen LogP contribution in [0.3, 0.4) is 0 Å². The molecular formula is C16H21NO4. The number of aliphatic carboxylic acids is 1. The molecule has 1 aromatic rings. The molecule has 0 aliphatic carbocycles. The number of carbonyl (C=O) groups excluding carboxylic acids is 1. The first-order valence-corrected chi connectivity index (χ1v) is 7.06. The van der Waals surface area contributed by atoms with Crippen LogP contribution < -0.4 is 0 Å². The van der Waals surface area contributed by atoms with Crippen molar-refractivity contribution >= 4 is 11.9 Å². The van der Waals surface area contributed by atoms with Gasteiger partial charge in [-0.1, -0.05) is 18.2 Å². The fourth-order valence-electron chi connectivity index (χ4n) is 3.03. The molecule has 1 aliphatic rings. The van der Waals surface area contributed by atoms with Gasteiger partial charge in [-0.3, -0.25) is 4.79 Å². The number of nitrogens with zero attached hydrogens (tertiary/aromatic N) is 1. The molecule has 21 heavy (non-hydrogen) atoms. The molecule has 1 aliphatic heterocycles. The Morgan fingerprint density at radius 2 is 1.90 bits per heavy atom. The number of morpholine rings is 1. The molecule has 1 N–H and O–H groups in total. The topological polar surface area (TPSA) is 66.8 Å². The van der Waals surface area contributed by atoms with Crippen molar-refractivity contribution in [3.63, 3.8) is 0 Å². The molecule has 5 heteroatoms. The first kappa shape index (κ1) is 15.5. The van der Waals surface area contributed by atoms with Gasteiger partial charge < -0.3 is 14.7 Å². The number of hydrogen-bond acceptors (Lipinski definition) is 3. The van der Waals surface area contributed by atoms with Crippen molar-refractivity contribution in [2.24, 2.45) is 0 Å². The van der Waals surface area contributed by atoms with E-state index in [0.717, 1.165) is 16.7 Å². The summed E-state index contributed by atoms with van der Waals surface area (Å²) in [4.78, 5) is 25.4. The molecule has 0 radical (unpaired) electrons. The quantitative estimate of drug-likeness (QED) is 0.925. The number of carboxylic acid groups (broad SMARTS) is 1. The van der Waals surface area contributed by atoms with Crippen LogP contribution in [0.25, 0.3) is 0 Å². The van der Waals surface area contributed by atoms with Gasteiger partial charge in [0.25, 0.3) is 0 Å². The summed E-state index contributed by atoms with van der Waals surface area (Å²) in [7, 11) is 0. The van der Waals surface area contributed by atoms with E-state index in [9.17, 15) is 14.7 Å². The molecule has 1 amide bonds. The van der Waals surface area contributed by atoms with Crippen LogP contribution in [0.2, 0.25) is 0 Å². The second-order valence-electron chi connectivity index (χ2n) is 5.71. The molecule has 0 spiro atoms. The molecule has 1 aromatic carbocycles. The minimum atomic E-state index is -1.04. The van der Waals surface area contributed by atoms with Gasteiger partial charge in [-0.25, -0.2) is 4.79 Å². The highest BCUT2D eigenvalue weighted by molar-refractivity contribution is 5.83. The van der Waals surface area contributed by atoms with Gasteiger partial charge in [-0.2, -0.15) is 0 Å². The summed E-state index contributed by atoms with van der Waals surface area (Å²) in [5, 5.41) is 9.47. The minimum absolute atomic E-state index is 0.0905. The summed E-state index contributed by atoms with van der Waals surface area (Å²) in [5.41, 5.74) is 2.80. The van der Waals surface area contributed by atoms with Crippen molar-refractivity contribution in [3.8, 4) is 0 Å². The number of amides is 1. The maximum absolute atomic E-state index is 12.2. The molecule has 1 saturated heterocycles. The van der Waals surface area contributed by atoms with E-state index in [4.69, 9.17) is 4.74 Å². The number of hydrogen-bond donors (Lipinski definition) is 1. The summed E-state index contributed by atoms with van der Waals surface area (Å²) in [6.45, 7) is 7.46. The third kappa shape index (κ3) is 2.78. The van der Waals surface area contributed by atoms with E-state index in [1.807, 2.05) is 45.9 Å². The maximum atomic E-state index is 12.2. The number of ether oxygens (including phenoxy) is 1. The SMILES string of the molecule is Cc1cccc(C)c1C1C(C(=O)O)OCC(=O)N1C(C)C. The second-order valence-corrected chi connectivity index (χ2v) is 5.71. The highest BCUT2D eigenvalue weighted by Crippen LogP contribution is 2.35. The van der Waals surface area contributed by atoms with Crippen molar-refractivity contribution in [3.05, 3.63) is 34.9 Å². The third-order valence-corrected chi connectivity index (χ3v) is 3.90. The molecule has 2 rings (SSSR count). The predicted octanol–water partition coefficient (Wildman–Crippen LogP) is 2.06. The smallest absolute Gasteiger partial charge is 0.335 e. The Labute approximate surface area is 124 Å². The van der Waals surface area contributed by atoms with Crippen LogP contribution in [-0.2, 0) is 14.3 Å². The third-order valence-electron chi connectivity index (χ3n) is 3.90. The van der Waals surface area contributed by atoms with Crippen molar-refractivity contribution in [2.45, 2.75) is 45.9 Å². The monoisotopic (exact) mass is 291 g/mol. The lowest BCUT2D eigenvalue weighted by Crippen LogP contribution is -2.54. The lowest BCUT2D eigenvalue weighted by molar-refractivity contribution is -0.175. The summed E-state index contributed by atoms with van der Waals surface area (Å²) in [6, 6.07) is 5.10. The van der Waals surface area contributed by atoms with Crippen LogP contribution in [0.15, 0.2) is 18.2 Å². The van der Waals surface area contributed by atoms with E-state index in [2.05, 4.69) is 0 Å². The Kier molecular flexibility index (Phi) is 4.32. The van der Waals surface area contributed by atoms with Crippen LogP contribution in [0.4, 0.5) is 0 Å². The zero-order chi connectivity index (χ0) is 15.7. The molecule has 0 saturated carbocycles. The molecule has 1 fully saturated rings. The number of carboxylic acids is 1. The number of rotatable bonds is 3. The molecule has 114 valence electrons. The summed E-state index contributed by atoms with van der Waals surface area (Å²) in [6.07, 6.45) is -1.04. The fourth-order valence-corrected chi connectivity index (χ4v) is 3.03. The first-order chi connectivity index (χ1) is 9.84. The average molecular weight is 291 g/mol. The number of benzene rings is 1. The normalized spacial score (nSPS) is 22.7. The van der Waals surface area contributed by atoms with Crippen LogP contribution >= 0.6 is 0 Å². The zero-order valence-corrected chi connectivity index (χ0v) is 12.8. The fraction of sp³-hybridized carbons (Fsp3) is 0.500. The lowest BCUT2D eigenvalue weighted by atomic mass is 9.89. The highest BCUT2D eigenvalue weighted by atomic mass is 16.5. The van der Waals surface area contributed by atoms with Crippen LogP contribution in [0, 0.1) is 13.8 Å². The van der Waals surface area contributed by atoms with Gasteiger partial charge >= 0.3 is 5.97 Å². The van der Waals surface area contributed by atoms with Gasteiger partial charge in [0.05, 0.1) is 6.04 Å². The Hall–Kier alpha value is -1.88. The van der Waals surface area contributed by atoms with Crippen molar-refractivity contribution in [1.29, 1.82) is 0 Å². The van der Waals surface area contributed by atoms with Crippen LogP contribution in [0.1, 0.15) is 36.6 Å². The van der Waals surface area contributed by atoms with Crippen molar-refractivity contribution < 1.29 is 19.4 Å². The maximum Gasteiger partial charge on any atom is 0.335 e. The molecular weight excluding hydrogens is 270 g/mol. The molecule has 0 bridgehead atoms. The summed E-state index contributed by atoms with van der Waals surface area (Å²) in [5.74, 6) is -1.21. The highest BCUT2D eigenvalue weighted by Gasteiger charge is 2.43. The van der Waals surface area contributed by atoms with Gasteiger partial charge in [0.2, 0.25) is 5.91 Å². The standard InChI is InChI=1S/C16H21NO4/c1-9(2)17-12(18)8-21-15(16(19)20)14(17)13-10(3)6-5-7-11(13)4/h5-7,9,14-15H,8H2,1-4H3,(H,19,20). The van der Waals surface area contributed by atoms with Crippen LogP contribution in [-0.4, -0.2) is 40.6 Å². The van der Waals surface area contributed by atoms with E-state index in [1.54, 1.807) is 4.90 Å². The number of aryl methyl sites for hydroxylation is 2. The van der Waals surface area contributed by atoms with Gasteiger partial charge in [0.1, 0.15) is 6.61 Å². The van der Waals surface area contributed by atoms with E-state index >= 15 is 0 Å². The molecule has 5 nitrogen and oxygen atoms in total. The molecule has 1 heterocycles. The average Bonchev–Trinajstić information content (AvgIpc) is 2.37. The Morgan fingerprint density at radius 3 is 2.38 bits per heavy atom. The number of carbonyl (C=O) groups is 2. The Bertz CT molecular complexity index is 547. The Morgan fingerprint density at radius 1 is 1.33 bits per heavy atom. The molecule has 2 unspecified atom stereocenters. The van der Waals surface area contributed by atoms with Gasteiger partial charge in [-0.15, -0.1) is 0 Å². The molecule has 0 aromatic heterocycles. The largest absolute Gasteiger partial charge is 0.479 e. The van der Waals surface area contributed by atoms with E-state index in [1.165, 1.54) is 0 Å². The van der Waals surface area contributed by atoms with Gasteiger partial charge in [0, 0.05) is 6.04 Å². The first-order valence-electron chi connectivity index (χ1n) is 7.06. The van der Waals surface area contributed by atoms with Crippen molar-refractivity contribution in [1.82, 2.24) is 4.90 Å². The van der Waals surface area contributed by atoms with E-state index in [0.29, 0.717) is 0 Å². The van der Waals surface area contributed by atoms with E-state index < -0.39 is 18.1 Å². The van der Waals surface area contributed by atoms with Gasteiger partial charge in [-0.05, 0) is 44.4 Å². The van der Waals surface area contributed by atoms with Gasteiger partial charge in [0.15, 0.2) is 6.10 Å². The molecule has 2 atom stereocenters.